The molecule has 2 heterocycles. The fraction of sp³-hybridized carbons (Fsp3) is 0.529. The molecule has 26 heavy (non-hydrogen) atoms. The Balaban J connectivity index is 1.79. The molecule has 0 bridgehead atoms. The Morgan fingerprint density at radius 3 is 2.62 bits per heavy atom. The van der Waals surface area contributed by atoms with Gasteiger partial charge in [-0.25, -0.2) is 0 Å². The van der Waals surface area contributed by atoms with Gasteiger partial charge in [0.25, 0.3) is 5.69 Å². The summed E-state index contributed by atoms with van der Waals surface area (Å²) in [6.07, 6.45) is 1.54. The SMILES string of the molecule is NC(=O)c1ccc(N2CCCC(C(=O)N3CCOCC3)C2)c([N+](=O)[O-])c1. The highest BCUT2D eigenvalue weighted by Crippen LogP contribution is 2.33. The molecule has 1 unspecified atom stereocenters. The molecule has 2 amide bonds. The molecule has 0 spiro atoms. The van der Waals surface area contributed by atoms with Crippen LogP contribution < -0.4 is 10.6 Å². The number of morpholine rings is 1. The van der Waals surface area contributed by atoms with Crippen LogP contribution in [0.4, 0.5) is 11.4 Å². The van der Waals surface area contributed by atoms with Gasteiger partial charge in [-0.1, -0.05) is 0 Å². The number of nitro groups is 1. The lowest BCUT2D eigenvalue weighted by Gasteiger charge is -2.37. The van der Waals surface area contributed by atoms with Crippen molar-refractivity contribution >= 4 is 23.2 Å². The fourth-order valence-corrected chi connectivity index (χ4v) is 3.53. The molecule has 3 rings (SSSR count). The summed E-state index contributed by atoms with van der Waals surface area (Å²) >= 11 is 0. The van der Waals surface area contributed by atoms with E-state index >= 15 is 0 Å². The van der Waals surface area contributed by atoms with Crippen LogP contribution in [0, 0.1) is 16.0 Å². The summed E-state index contributed by atoms with van der Waals surface area (Å²) in [7, 11) is 0. The minimum absolute atomic E-state index is 0.0782. The second-order valence-electron chi connectivity index (χ2n) is 6.55. The predicted octanol–water partition coefficient (Wildman–Crippen LogP) is 0.769. The summed E-state index contributed by atoms with van der Waals surface area (Å²) < 4.78 is 5.28. The maximum Gasteiger partial charge on any atom is 0.293 e. The van der Waals surface area contributed by atoms with E-state index in [9.17, 15) is 19.7 Å². The van der Waals surface area contributed by atoms with E-state index in [0.717, 1.165) is 12.8 Å². The molecule has 0 saturated carbocycles. The highest BCUT2D eigenvalue weighted by atomic mass is 16.6. The molecule has 0 radical (unpaired) electrons. The van der Waals surface area contributed by atoms with E-state index in [2.05, 4.69) is 0 Å². The number of hydrogen-bond donors (Lipinski definition) is 1. The second kappa shape index (κ2) is 7.69. The van der Waals surface area contributed by atoms with E-state index < -0.39 is 10.8 Å². The molecule has 2 aliphatic rings. The van der Waals surface area contributed by atoms with Gasteiger partial charge in [-0.15, -0.1) is 0 Å². The second-order valence-corrected chi connectivity index (χ2v) is 6.55. The number of piperidine rings is 1. The zero-order chi connectivity index (χ0) is 18.7. The molecule has 0 aromatic heterocycles. The van der Waals surface area contributed by atoms with Gasteiger partial charge in [0.1, 0.15) is 5.69 Å². The summed E-state index contributed by atoms with van der Waals surface area (Å²) in [5.41, 5.74) is 5.57. The van der Waals surface area contributed by atoms with Crippen LogP contribution in [0.3, 0.4) is 0 Å². The van der Waals surface area contributed by atoms with Crippen LogP contribution >= 0.6 is 0 Å². The van der Waals surface area contributed by atoms with Crippen molar-refractivity contribution in [2.45, 2.75) is 12.8 Å². The Morgan fingerprint density at radius 1 is 1.23 bits per heavy atom. The monoisotopic (exact) mass is 362 g/mol. The number of rotatable bonds is 4. The van der Waals surface area contributed by atoms with Crippen molar-refractivity contribution in [3.63, 3.8) is 0 Å². The maximum absolute atomic E-state index is 12.7. The van der Waals surface area contributed by atoms with Crippen molar-refractivity contribution in [3.8, 4) is 0 Å². The Hall–Kier alpha value is -2.68. The number of hydrogen-bond acceptors (Lipinski definition) is 6. The summed E-state index contributed by atoms with van der Waals surface area (Å²) in [5, 5.41) is 11.4. The molecule has 1 aromatic rings. The third-order valence-corrected chi connectivity index (χ3v) is 4.89. The number of carbonyl (C=O) groups excluding carboxylic acids is 2. The van der Waals surface area contributed by atoms with Crippen molar-refractivity contribution in [1.29, 1.82) is 0 Å². The number of primary amides is 1. The molecule has 1 aromatic carbocycles. The smallest absolute Gasteiger partial charge is 0.293 e. The van der Waals surface area contributed by atoms with Crippen molar-refractivity contribution in [2.24, 2.45) is 11.7 Å². The largest absolute Gasteiger partial charge is 0.378 e. The van der Waals surface area contributed by atoms with Gasteiger partial charge in [0.15, 0.2) is 0 Å². The van der Waals surface area contributed by atoms with Crippen LogP contribution in [0.25, 0.3) is 0 Å². The molecular weight excluding hydrogens is 340 g/mol. The third-order valence-electron chi connectivity index (χ3n) is 4.89. The lowest BCUT2D eigenvalue weighted by Crippen LogP contribution is -2.48. The first-order valence-corrected chi connectivity index (χ1v) is 8.67. The van der Waals surface area contributed by atoms with E-state index in [0.29, 0.717) is 45.1 Å². The Bertz CT molecular complexity index is 717. The topological polar surface area (TPSA) is 119 Å². The normalized spacial score (nSPS) is 20.7. The van der Waals surface area contributed by atoms with Gasteiger partial charge in [0.05, 0.1) is 24.1 Å². The van der Waals surface area contributed by atoms with Crippen LogP contribution in [0.15, 0.2) is 18.2 Å². The van der Waals surface area contributed by atoms with Crippen molar-refractivity contribution in [2.75, 3.05) is 44.3 Å². The molecule has 9 nitrogen and oxygen atoms in total. The van der Waals surface area contributed by atoms with Crippen LogP contribution in [0.1, 0.15) is 23.2 Å². The molecule has 2 aliphatic heterocycles. The standard InChI is InChI=1S/C17H22N4O5/c18-16(22)12-3-4-14(15(10-12)21(24)25)20-5-1-2-13(11-20)17(23)19-6-8-26-9-7-19/h3-4,10,13H,1-2,5-9,11H2,(H2,18,22). The zero-order valence-corrected chi connectivity index (χ0v) is 14.4. The fourth-order valence-electron chi connectivity index (χ4n) is 3.53. The third kappa shape index (κ3) is 3.77. The van der Waals surface area contributed by atoms with Gasteiger partial charge in [0, 0.05) is 37.8 Å². The molecule has 2 N–H and O–H groups in total. The van der Waals surface area contributed by atoms with Crippen LogP contribution in [0.5, 0.6) is 0 Å². The number of nitrogens with two attached hydrogens (primary N) is 1. The van der Waals surface area contributed by atoms with Crippen molar-refractivity contribution in [3.05, 3.63) is 33.9 Å². The number of anilines is 1. The molecule has 0 aliphatic carbocycles. The van der Waals surface area contributed by atoms with Gasteiger partial charge < -0.3 is 20.3 Å². The van der Waals surface area contributed by atoms with Crippen molar-refractivity contribution in [1.82, 2.24) is 4.90 Å². The van der Waals surface area contributed by atoms with Crippen LogP contribution in [-0.4, -0.2) is 61.0 Å². The lowest BCUT2D eigenvalue weighted by molar-refractivity contribution is -0.384. The minimum Gasteiger partial charge on any atom is -0.378 e. The zero-order valence-electron chi connectivity index (χ0n) is 14.4. The van der Waals surface area contributed by atoms with E-state index in [4.69, 9.17) is 10.5 Å². The number of nitrogens with zero attached hydrogens (tertiary/aromatic N) is 3. The quantitative estimate of drug-likeness (QED) is 0.624. The maximum atomic E-state index is 12.7. The minimum atomic E-state index is -0.710. The number of carbonyl (C=O) groups is 2. The number of amides is 2. The van der Waals surface area contributed by atoms with Crippen LogP contribution in [-0.2, 0) is 9.53 Å². The number of nitro benzene ring substituents is 1. The van der Waals surface area contributed by atoms with Crippen molar-refractivity contribution < 1.29 is 19.2 Å². The van der Waals surface area contributed by atoms with E-state index in [1.807, 2.05) is 9.80 Å². The molecule has 2 fully saturated rings. The lowest BCUT2D eigenvalue weighted by atomic mass is 9.95. The first-order valence-electron chi connectivity index (χ1n) is 8.67. The Labute approximate surface area is 150 Å². The van der Waals surface area contributed by atoms with E-state index in [-0.39, 0.29) is 23.1 Å². The number of ether oxygens (including phenoxy) is 1. The number of benzene rings is 1. The van der Waals surface area contributed by atoms with Gasteiger partial charge in [-0.05, 0) is 25.0 Å². The van der Waals surface area contributed by atoms with Gasteiger partial charge in [-0.2, -0.15) is 0 Å². The predicted molar refractivity (Wildman–Crippen MR) is 94.0 cm³/mol. The summed E-state index contributed by atoms with van der Waals surface area (Å²) in [5.74, 6) is -0.828. The summed E-state index contributed by atoms with van der Waals surface area (Å²) in [4.78, 5) is 38.6. The van der Waals surface area contributed by atoms with Gasteiger partial charge >= 0.3 is 0 Å². The molecule has 2 saturated heterocycles. The van der Waals surface area contributed by atoms with Gasteiger partial charge in [0.2, 0.25) is 11.8 Å². The Morgan fingerprint density at radius 2 is 1.96 bits per heavy atom. The average Bonchev–Trinajstić information content (AvgIpc) is 2.67. The molecule has 9 heteroatoms. The molecular formula is C17H22N4O5. The summed E-state index contributed by atoms with van der Waals surface area (Å²) in [6, 6.07) is 4.23. The average molecular weight is 362 g/mol. The highest BCUT2D eigenvalue weighted by molar-refractivity contribution is 5.94. The van der Waals surface area contributed by atoms with Crippen LogP contribution in [0.2, 0.25) is 0 Å². The molecule has 140 valence electrons. The summed E-state index contributed by atoms with van der Waals surface area (Å²) in [6.45, 7) is 3.31. The first-order chi connectivity index (χ1) is 12.5. The first kappa shape index (κ1) is 18.1. The van der Waals surface area contributed by atoms with E-state index in [1.54, 1.807) is 6.07 Å². The Kier molecular flexibility index (Phi) is 5.36. The molecule has 1 atom stereocenters. The highest BCUT2D eigenvalue weighted by Gasteiger charge is 2.32. The van der Waals surface area contributed by atoms with Gasteiger partial charge in [-0.3, -0.25) is 19.7 Å². The van der Waals surface area contributed by atoms with E-state index in [1.165, 1.54) is 12.1 Å².